The van der Waals surface area contributed by atoms with Crippen LogP contribution in [0.5, 0.6) is 0 Å². The number of benzene rings is 1. The van der Waals surface area contributed by atoms with Gasteiger partial charge in [0.15, 0.2) is 0 Å². The number of azo groups is 1. The highest BCUT2D eigenvalue weighted by atomic mass is 127. The molecule has 0 aliphatic heterocycles. The lowest BCUT2D eigenvalue weighted by atomic mass is 10.1. The maximum atomic E-state index is 12.1. The number of unbranched alkanes of at least 4 members (excludes halogenated alkanes) is 1. The van der Waals surface area contributed by atoms with Crippen LogP contribution in [-0.4, -0.2) is 47.5 Å². The maximum Gasteiger partial charge on any atom is 0.421 e. The molecule has 1 aromatic heterocycles. The third-order valence-corrected chi connectivity index (χ3v) is 5.37. The molecule has 1 amide bonds. The van der Waals surface area contributed by atoms with Crippen molar-refractivity contribution in [3.05, 3.63) is 36.7 Å². The molecule has 1 N–H and O–H groups in total. The smallest absolute Gasteiger partial charge is 0.421 e. The van der Waals surface area contributed by atoms with Gasteiger partial charge in [0.1, 0.15) is 16.9 Å². The van der Waals surface area contributed by atoms with E-state index in [-0.39, 0.29) is 29.9 Å². The number of amides is 1. The lowest BCUT2D eigenvalue weighted by molar-refractivity contribution is -0.657. The highest BCUT2D eigenvalue weighted by molar-refractivity contribution is 5.69. The number of aryl methyl sites for hydroxylation is 2. The normalized spacial score (nSPS) is 11.7. The van der Waals surface area contributed by atoms with E-state index in [1.54, 1.807) is 0 Å². The summed E-state index contributed by atoms with van der Waals surface area (Å²) in [5.41, 5.74) is 0.802. The quantitative estimate of drug-likeness (QED) is 0.125. The number of rotatable bonds is 12. The van der Waals surface area contributed by atoms with E-state index >= 15 is 0 Å². The first kappa shape index (κ1) is 34.3. The van der Waals surface area contributed by atoms with Gasteiger partial charge in [0, 0.05) is 36.9 Å². The summed E-state index contributed by atoms with van der Waals surface area (Å²) in [6, 6.07) is 7.92. The van der Waals surface area contributed by atoms with Crippen LogP contribution in [0.1, 0.15) is 67.2 Å². The fourth-order valence-corrected chi connectivity index (χ4v) is 3.66. The second kappa shape index (κ2) is 15.8. The number of halogens is 1. The van der Waals surface area contributed by atoms with Crippen molar-refractivity contribution in [1.82, 2.24) is 9.88 Å². The monoisotopic (exact) mass is 656 g/mol. The molecule has 0 saturated heterocycles. The molecule has 0 aliphatic rings. The number of nitrogens with zero attached hydrogens (tertiary/aromatic N) is 5. The van der Waals surface area contributed by atoms with Crippen LogP contribution in [0, 0.1) is 0 Å². The minimum atomic E-state index is -0.527. The molecule has 10 nitrogen and oxygen atoms in total. The van der Waals surface area contributed by atoms with Crippen LogP contribution in [0.2, 0.25) is 0 Å². The van der Waals surface area contributed by atoms with Crippen molar-refractivity contribution in [2.75, 3.05) is 24.5 Å². The van der Waals surface area contributed by atoms with Gasteiger partial charge in [-0.2, -0.15) is 0 Å². The molecule has 0 aliphatic carbocycles. The van der Waals surface area contributed by atoms with Crippen LogP contribution in [-0.2, 0) is 28.4 Å². The fourth-order valence-electron chi connectivity index (χ4n) is 3.66. The second-order valence-electron chi connectivity index (χ2n) is 11.3. The number of hydrogen-bond acceptors (Lipinski definition) is 7. The molecule has 0 fully saturated rings. The van der Waals surface area contributed by atoms with E-state index in [0.717, 1.165) is 49.7 Å². The number of nitrogens with one attached hydrogen (secondary N) is 1. The molecule has 39 heavy (non-hydrogen) atoms. The largest absolute Gasteiger partial charge is 1.00 e. The number of carbonyl (C=O) groups is 2. The van der Waals surface area contributed by atoms with Crippen molar-refractivity contribution >= 4 is 29.4 Å². The summed E-state index contributed by atoms with van der Waals surface area (Å²) >= 11 is 0. The zero-order valence-electron chi connectivity index (χ0n) is 24.7. The van der Waals surface area contributed by atoms with E-state index < -0.39 is 17.3 Å². The number of alkyl carbamates (subject to hydrolysis) is 1. The molecule has 2 aromatic rings. The average molecular weight is 657 g/mol. The van der Waals surface area contributed by atoms with Crippen molar-refractivity contribution in [3.63, 3.8) is 0 Å². The van der Waals surface area contributed by atoms with Gasteiger partial charge >= 0.3 is 18.0 Å². The molecule has 0 bridgehead atoms. The Hall–Kier alpha value is -2.70. The van der Waals surface area contributed by atoms with Crippen LogP contribution in [0.15, 0.2) is 46.9 Å². The number of anilines is 1. The Morgan fingerprint density at radius 2 is 1.56 bits per heavy atom. The lowest BCUT2D eigenvalue weighted by Gasteiger charge is -2.25. The van der Waals surface area contributed by atoms with Gasteiger partial charge in [-0.05, 0) is 85.1 Å². The zero-order chi connectivity index (χ0) is 28.3. The van der Waals surface area contributed by atoms with E-state index in [9.17, 15) is 9.59 Å². The molecule has 0 atom stereocenters. The Bertz CT molecular complexity index is 1020. The summed E-state index contributed by atoms with van der Waals surface area (Å²) in [5.74, 6) is 0.574. The van der Waals surface area contributed by atoms with E-state index in [1.165, 1.54) is 0 Å². The van der Waals surface area contributed by atoms with Gasteiger partial charge in [-0.3, -0.25) is 4.79 Å². The van der Waals surface area contributed by atoms with Gasteiger partial charge in [-0.1, -0.05) is 5.11 Å². The molecule has 1 aromatic carbocycles. The zero-order valence-corrected chi connectivity index (χ0v) is 26.8. The molecule has 2 rings (SSSR count). The van der Waals surface area contributed by atoms with Crippen LogP contribution >= 0.6 is 0 Å². The van der Waals surface area contributed by atoms with Gasteiger partial charge in [-0.15, -0.1) is 0 Å². The standard InChI is InChI=1S/C28H44N6O4.HI/c1-27(2,3)37-24(35)12-9-10-18-34(19-11-17-29-26(36)38-28(4,5)6)23-15-13-22(14-16-23)30-31-25-32(7)20-21-33(25)8;/h13-16,20-21H,9-12,17-19H2,1-8H3;1H. The van der Waals surface area contributed by atoms with E-state index in [0.29, 0.717) is 13.0 Å². The SMILES string of the molecule is Cn1cc[n+](C)c1N=Nc1ccc(N(CCCCC(=O)OC(C)(C)C)CCCNC(=O)OC(C)(C)C)cc1.[I-]. The highest BCUT2D eigenvalue weighted by Crippen LogP contribution is 2.22. The predicted octanol–water partition coefficient (Wildman–Crippen LogP) is 2.50. The van der Waals surface area contributed by atoms with Crippen molar-refractivity contribution in [3.8, 4) is 0 Å². The Kier molecular flexibility index (Phi) is 13.9. The van der Waals surface area contributed by atoms with E-state index in [4.69, 9.17) is 9.47 Å². The van der Waals surface area contributed by atoms with Crippen LogP contribution < -0.4 is 38.8 Å². The van der Waals surface area contributed by atoms with E-state index in [2.05, 4.69) is 20.4 Å². The Labute approximate surface area is 250 Å². The summed E-state index contributed by atoms with van der Waals surface area (Å²) in [6.07, 6.45) is 6.15. The fraction of sp³-hybridized carbons (Fsp3) is 0.607. The first-order valence-electron chi connectivity index (χ1n) is 13.2. The second-order valence-corrected chi connectivity index (χ2v) is 11.3. The molecule has 0 saturated carbocycles. The summed E-state index contributed by atoms with van der Waals surface area (Å²) in [5, 5.41) is 11.5. The Morgan fingerprint density at radius 1 is 0.949 bits per heavy atom. The van der Waals surface area contributed by atoms with Gasteiger partial charge in [-0.25, -0.2) is 13.9 Å². The van der Waals surface area contributed by atoms with Crippen molar-refractivity contribution < 1.29 is 47.6 Å². The number of imidazole rings is 1. The van der Waals surface area contributed by atoms with Crippen molar-refractivity contribution in [2.24, 2.45) is 24.3 Å². The van der Waals surface area contributed by atoms with Crippen LogP contribution in [0.3, 0.4) is 0 Å². The minimum Gasteiger partial charge on any atom is -1.00 e. The molecule has 0 radical (unpaired) electrons. The predicted molar refractivity (Wildman–Crippen MR) is 148 cm³/mol. The van der Waals surface area contributed by atoms with Crippen LogP contribution in [0.25, 0.3) is 0 Å². The first-order valence-corrected chi connectivity index (χ1v) is 13.2. The maximum absolute atomic E-state index is 12.1. The molecule has 0 unspecified atom stereocenters. The van der Waals surface area contributed by atoms with Gasteiger partial charge in [0.05, 0.1) is 26.5 Å². The van der Waals surface area contributed by atoms with E-state index in [1.807, 2.05) is 101 Å². The van der Waals surface area contributed by atoms with Crippen LogP contribution in [0.4, 0.5) is 22.1 Å². The minimum absolute atomic E-state index is 0. The first-order chi connectivity index (χ1) is 17.7. The lowest BCUT2D eigenvalue weighted by Crippen LogP contribution is -3.00. The molecule has 11 heteroatoms. The summed E-state index contributed by atoms with van der Waals surface area (Å²) in [4.78, 5) is 26.3. The summed E-state index contributed by atoms with van der Waals surface area (Å²) < 4.78 is 14.5. The van der Waals surface area contributed by atoms with Crippen molar-refractivity contribution in [2.45, 2.75) is 78.4 Å². The number of hydrogen-bond donors (Lipinski definition) is 1. The highest BCUT2D eigenvalue weighted by Gasteiger charge is 2.17. The third kappa shape index (κ3) is 13.8. The molecule has 0 spiro atoms. The number of ether oxygens (including phenoxy) is 2. The summed E-state index contributed by atoms with van der Waals surface area (Å²) in [7, 11) is 3.85. The number of esters is 1. The van der Waals surface area contributed by atoms with Gasteiger partial charge in [0.2, 0.25) is 0 Å². The third-order valence-electron chi connectivity index (χ3n) is 5.37. The Morgan fingerprint density at radius 3 is 2.13 bits per heavy atom. The van der Waals surface area contributed by atoms with Crippen molar-refractivity contribution in [1.29, 1.82) is 0 Å². The summed E-state index contributed by atoms with van der Waals surface area (Å²) in [6.45, 7) is 13.2. The van der Waals surface area contributed by atoms with Gasteiger partial charge in [0.25, 0.3) is 0 Å². The molecule has 218 valence electrons. The molecular weight excluding hydrogens is 611 g/mol. The molecular formula is C28H45IN6O4. The topological polar surface area (TPSA) is 101 Å². The molecule has 1 heterocycles. The van der Waals surface area contributed by atoms with Gasteiger partial charge < -0.3 is 43.7 Å². The average Bonchev–Trinajstić information content (AvgIpc) is 3.11. The number of carbonyl (C=O) groups excluding carboxylic acids is 2. The Balaban J connectivity index is 0.00000760. The number of aromatic nitrogens is 2.